The Labute approximate surface area is 105 Å². The van der Waals surface area contributed by atoms with Gasteiger partial charge in [-0.1, -0.05) is 13.8 Å². The van der Waals surface area contributed by atoms with Gasteiger partial charge in [-0.05, 0) is 12.8 Å². The molecule has 0 aliphatic heterocycles. The van der Waals surface area contributed by atoms with Crippen molar-refractivity contribution < 1.29 is 0 Å². The minimum Gasteiger partial charge on any atom is -0.318 e. The van der Waals surface area contributed by atoms with Crippen molar-refractivity contribution in [1.82, 2.24) is 14.8 Å². The summed E-state index contributed by atoms with van der Waals surface area (Å²) < 4.78 is 1.79. The summed E-state index contributed by atoms with van der Waals surface area (Å²) in [7, 11) is 1.91. The van der Waals surface area contributed by atoms with Gasteiger partial charge >= 0.3 is 0 Å². The van der Waals surface area contributed by atoms with Gasteiger partial charge in [-0.15, -0.1) is 11.3 Å². The molecule has 0 aliphatic carbocycles. The summed E-state index contributed by atoms with van der Waals surface area (Å²) in [5.41, 5.74) is 9.38. The molecule has 92 valence electrons. The number of hydrogen-bond acceptors (Lipinski definition) is 4. The van der Waals surface area contributed by atoms with Crippen LogP contribution in [-0.4, -0.2) is 14.8 Å². The van der Waals surface area contributed by atoms with E-state index in [-0.39, 0.29) is 6.04 Å². The lowest BCUT2D eigenvalue weighted by Gasteiger charge is -2.06. The van der Waals surface area contributed by atoms with E-state index in [0.717, 1.165) is 22.0 Å². The van der Waals surface area contributed by atoms with E-state index < -0.39 is 0 Å². The first-order valence-corrected chi connectivity index (χ1v) is 6.58. The highest BCUT2D eigenvalue weighted by Gasteiger charge is 2.18. The molecule has 2 N–H and O–H groups in total. The molecular formula is C12H18N4S. The summed E-state index contributed by atoms with van der Waals surface area (Å²) in [4.78, 5) is 4.59. The van der Waals surface area contributed by atoms with Gasteiger partial charge in [0.2, 0.25) is 0 Å². The van der Waals surface area contributed by atoms with Gasteiger partial charge in [-0.2, -0.15) is 5.10 Å². The third-order valence-corrected chi connectivity index (χ3v) is 3.73. The molecule has 0 spiro atoms. The average molecular weight is 250 g/mol. The van der Waals surface area contributed by atoms with E-state index >= 15 is 0 Å². The molecule has 2 rings (SSSR count). The topological polar surface area (TPSA) is 56.7 Å². The molecule has 4 nitrogen and oxygen atoms in total. The molecule has 0 bridgehead atoms. The normalized spacial score (nSPS) is 13.3. The van der Waals surface area contributed by atoms with Gasteiger partial charge < -0.3 is 5.73 Å². The summed E-state index contributed by atoms with van der Waals surface area (Å²) in [5.74, 6) is 0.446. The molecule has 0 radical (unpaired) electrons. The van der Waals surface area contributed by atoms with Crippen LogP contribution in [0.2, 0.25) is 0 Å². The first-order valence-electron chi connectivity index (χ1n) is 5.70. The number of hydrogen-bond donors (Lipinski definition) is 1. The first kappa shape index (κ1) is 12.3. The summed E-state index contributed by atoms with van der Waals surface area (Å²) >= 11 is 1.63. The molecule has 2 aromatic heterocycles. The maximum Gasteiger partial charge on any atom is 0.114 e. The molecule has 0 fully saturated rings. The Morgan fingerprint density at radius 1 is 1.41 bits per heavy atom. The zero-order valence-electron chi connectivity index (χ0n) is 10.6. The molecule has 0 amide bonds. The molecular weight excluding hydrogens is 232 g/mol. The molecule has 1 unspecified atom stereocenters. The van der Waals surface area contributed by atoms with E-state index in [1.54, 1.807) is 16.0 Å². The van der Waals surface area contributed by atoms with Crippen LogP contribution in [0.3, 0.4) is 0 Å². The second-order valence-corrected chi connectivity index (χ2v) is 5.48. The molecule has 2 heterocycles. The number of thiazole rings is 1. The third-order valence-electron chi connectivity index (χ3n) is 2.78. The minimum absolute atomic E-state index is 0.166. The van der Waals surface area contributed by atoms with Gasteiger partial charge in [-0.3, -0.25) is 4.68 Å². The second kappa shape index (κ2) is 4.58. The molecule has 5 heteroatoms. The molecule has 1 atom stereocenters. The van der Waals surface area contributed by atoms with E-state index in [1.165, 1.54) is 0 Å². The van der Waals surface area contributed by atoms with Gasteiger partial charge in [0.15, 0.2) is 0 Å². The highest BCUT2D eigenvalue weighted by Crippen LogP contribution is 2.26. The van der Waals surface area contributed by atoms with Crippen LogP contribution in [0.5, 0.6) is 0 Å². The van der Waals surface area contributed by atoms with Crippen LogP contribution >= 0.6 is 11.3 Å². The number of nitrogens with zero attached hydrogens (tertiary/aromatic N) is 3. The van der Waals surface area contributed by atoms with E-state index in [9.17, 15) is 0 Å². The lowest BCUT2D eigenvalue weighted by Crippen LogP contribution is -2.12. The smallest absolute Gasteiger partial charge is 0.114 e. The predicted molar refractivity (Wildman–Crippen MR) is 70.2 cm³/mol. The maximum absolute atomic E-state index is 6.24. The molecule has 0 aromatic carbocycles. The first-order chi connectivity index (χ1) is 7.99. The van der Waals surface area contributed by atoms with E-state index in [4.69, 9.17) is 5.73 Å². The number of rotatable bonds is 3. The second-order valence-electron chi connectivity index (χ2n) is 4.59. The van der Waals surface area contributed by atoms with Crippen molar-refractivity contribution in [3.63, 3.8) is 0 Å². The van der Waals surface area contributed by atoms with E-state index in [0.29, 0.717) is 5.92 Å². The lowest BCUT2D eigenvalue weighted by molar-refractivity contribution is 0.755. The van der Waals surface area contributed by atoms with Gasteiger partial charge in [0, 0.05) is 24.2 Å². The Bertz CT molecular complexity index is 512. The molecule has 2 aromatic rings. The third kappa shape index (κ3) is 2.40. The van der Waals surface area contributed by atoms with Crippen molar-refractivity contribution in [2.45, 2.75) is 32.7 Å². The molecule has 0 saturated heterocycles. The van der Waals surface area contributed by atoms with Crippen molar-refractivity contribution in [3.8, 4) is 0 Å². The van der Waals surface area contributed by atoms with Gasteiger partial charge in [-0.25, -0.2) is 4.98 Å². The van der Waals surface area contributed by atoms with Crippen LogP contribution in [-0.2, 0) is 7.05 Å². The molecule has 0 saturated carbocycles. The zero-order chi connectivity index (χ0) is 12.6. The molecule has 0 aliphatic rings. The Hall–Kier alpha value is -1.20. The van der Waals surface area contributed by atoms with Crippen molar-refractivity contribution in [1.29, 1.82) is 0 Å². The summed E-state index contributed by atoms with van der Waals surface area (Å²) in [6.07, 6.45) is 1.97. The summed E-state index contributed by atoms with van der Waals surface area (Å²) in [6, 6.07) is -0.166. The van der Waals surface area contributed by atoms with Gasteiger partial charge in [0.1, 0.15) is 5.01 Å². The Morgan fingerprint density at radius 2 is 2.12 bits per heavy atom. The summed E-state index contributed by atoms with van der Waals surface area (Å²) in [5, 5.41) is 7.36. The van der Waals surface area contributed by atoms with Crippen molar-refractivity contribution >= 4 is 11.3 Å². The zero-order valence-corrected chi connectivity index (χ0v) is 11.5. The SMILES string of the molecule is Cc1nn(C)cc1C(N)c1nc(C(C)C)cs1. The molecule has 17 heavy (non-hydrogen) atoms. The van der Waals surface area contributed by atoms with Crippen LogP contribution in [0.25, 0.3) is 0 Å². The van der Waals surface area contributed by atoms with E-state index in [1.807, 2.05) is 20.2 Å². The largest absolute Gasteiger partial charge is 0.318 e. The van der Waals surface area contributed by atoms with Crippen LogP contribution in [0.1, 0.15) is 47.8 Å². The average Bonchev–Trinajstić information content (AvgIpc) is 2.84. The number of nitrogens with two attached hydrogens (primary N) is 1. The van der Waals surface area contributed by atoms with Crippen LogP contribution < -0.4 is 5.73 Å². The summed E-state index contributed by atoms with van der Waals surface area (Å²) in [6.45, 7) is 6.26. The van der Waals surface area contributed by atoms with Crippen molar-refractivity contribution in [3.05, 3.63) is 33.5 Å². The quantitative estimate of drug-likeness (QED) is 0.909. The number of aryl methyl sites for hydroxylation is 2. The van der Waals surface area contributed by atoms with Crippen LogP contribution in [0.15, 0.2) is 11.6 Å². The predicted octanol–water partition coefficient (Wildman–Crippen LogP) is 2.36. The Morgan fingerprint density at radius 3 is 2.59 bits per heavy atom. The highest BCUT2D eigenvalue weighted by atomic mass is 32.1. The monoisotopic (exact) mass is 250 g/mol. The van der Waals surface area contributed by atoms with Crippen LogP contribution in [0, 0.1) is 6.92 Å². The standard InChI is InChI=1S/C12H18N4S/c1-7(2)10-6-17-12(14-10)11(13)9-5-16(4)15-8(9)3/h5-7,11H,13H2,1-4H3. The highest BCUT2D eigenvalue weighted by molar-refractivity contribution is 7.09. The Kier molecular flexibility index (Phi) is 3.31. The Balaban J connectivity index is 2.30. The van der Waals surface area contributed by atoms with Gasteiger partial charge in [0.25, 0.3) is 0 Å². The van der Waals surface area contributed by atoms with Crippen molar-refractivity contribution in [2.24, 2.45) is 12.8 Å². The lowest BCUT2D eigenvalue weighted by atomic mass is 10.1. The van der Waals surface area contributed by atoms with Crippen LogP contribution in [0.4, 0.5) is 0 Å². The van der Waals surface area contributed by atoms with Crippen molar-refractivity contribution in [2.75, 3.05) is 0 Å². The van der Waals surface area contributed by atoms with Gasteiger partial charge in [0.05, 0.1) is 17.4 Å². The fourth-order valence-corrected chi connectivity index (χ4v) is 2.76. The fourth-order valence-electron chi connectivity index (χ4n) is 1.77. The van der Waals surface area contributed by atoms with E-state index in [2.05, 4.69) is 29.3 Å². The minimum atomic E-state index is -0.166. The maximum atomic E-state index is 6.24. The fraction of sp³-hybridized carbons (Fsp3) is 0.500. The number of aromatic nitrogens is 3.